The van der Waals surface area contributed by atoms with Gasteiger partial charge in [0.05, 0.1) is 4.90 Å². The lowest BCUT2D eigenvalue weighted by Crippen LogP contribution is -2.42. The smallest absolute Gasteiger partial charge is 0.243 e. The monoisotopic (exact) mass is 436 g/mol. The summed E-state index contributed by atoms with van der Waals surface area (Å²) in [6.45, 7) is 5.31. The number of piperidine rings is 1. The van der Waals surface area contributed by atoms with Crippen molar-refractivity contribution >= 4 is 26.7 Å². The van der Waals surface area contributed by atoms with E-state index in [9.17, 15) is 13.2 Å². The predicted molar refractivity (Wildman–Crippen MR) is 123 cm³/mol. The molecule has 0 atom stereocenters. The predicted octanol–water partition coefficient (Wildman–Crippen LogP) is 4.17. The summed E-state index contributed by atoms with van der Waals surface area (Å²) >= 11 is 0. The molecule has 0 bridgehead atoms. The van der Waals surface area contributed by atoms with E-state index in [0.29, 0.717) is 37.4 Å². The molecule has 0 radical (unpaired) electrons. The van der Waals surface area contributed by atoms with Crippen molar-refractivity contribution in [2.75, 3.05) is 13.1 Å². The molecule has 6 heteroatoms. The summed E-state index contributed by atoms with van der Waals surface area (Å²) in [7, 11) is -3.57. The van der Waals surface area contributed by atoms with Gasteiger partial charge in [0.1, 0.15) is 0 Å². The van der Waals surface area contributed by atoms with Crippen LogP contribution in [0.5, 0.6) is 0 Å². The zero-order chi connectivity index (χ0) is 22.0. The van der Waals surface area contributed by atoms with Gasteiger partial charge in [-0.05, 0) is 60.7 Å². The van der Waals surface area contributed by atoms with Gasteiger partial charge in [-0.15, -0.1) is 0 Å². The van der Waals surface area contributed by atoms with Crippen molar-refractivity contribution in [3.63, 3.8) is 0 Å². The second-order valence-electron chi connectivity index (χ2n) is 8.34. The fraction of sp³-hybridized carbons (Fsp3) is 0.320. The third-order valence-corrected chi connectivity index (χ3v) is 8.03. The van der Waals surface area contributed by atoms with Gasteiger partial charge in [0.15, 0.2) is 0 Å². The molecule has 1 aliphatic heterocycles. The van der Waals surface area contributed by atoms with Gasteiger partial charge in [-0.25, -0.2) is 8.42 Å². The molecule has 0 aromatic heterocycles. The van der Waals surface area contributed by atoms with E-state index in [0.717, 1.165) is 21.9 Å². The summed E-state index contributed by atoms with van der Waals surface area (Å²) in [5, 5.41) is 4.95. The van der Waals surface area contributed by atoms with E-state index in [1.54, 1.807) is 12.1 Å². The quantitative estimate of drug-likeness (QED) is 0.653. The zero-order valence-electron chi connectivity index (χ0n) is 18.0. The van der Waals surface area contributed by atoms with Gasteiger partial charge in [-0.2, -0.15) is 4.31 Å². The van der Waals surface area contributed by atoms with Crippen LogP contribution in [0.4, 0.5) is 0 Å². The highest BCUT2D eigenvalue weighted by Gasteiger charge is 2.32. The van der Waals surface area contributed by atoms with Gasteiger partial charge in [-0.3, -0.25) is 4.79 Å². The van der Waals surface area contributed by atoms with Crippen molar-refractivity contribution < 1.29 is 13.2 Å². The van der Waals surface area contributed by atoms with Crippen LogP contribution in [-0.2, 0) is 21.4 Å². The highest BCUT2D eigenvalue weighted by Crippen LogP contribution is 2.26. The molecular weight excluding hydrogens is 408 g/mol. The first-order valence-electron chi connectivity index (χ1n) is 10.7. The van der Waals surface area contributed by atoms with Gasteiger partial charge in [-0.1, -0.05) is 54.1 Å². The number of aryl methyl sites for hydroxylation is 2. The lowest BCUT2D eigenvalue weighted by Gasteiger charge is -2.30. The minimum atomic E-state index is -3.57. The molecule has 4 rings (SSSR count). The van der Waals surface area contributed by atoms with Gasteiger partial charge >= 0.3 is 0 Å². The van der Waals surface area contributed by atoms with E-state index in [-0.39, 0.29) is 11.8 Å². The van der Waals surface area contributed by atoms with E-state index in [2.05, 4.69) is 18.3 Å². The number of hydrogen-bond acceptors (Lipinski definition) is 3. The Morgan fingerprint density at radius 1 is 0.968 bits per heavy atom. The molecule has 5 nitrogen and oxygen atoms in total. The molecule has 1 N–H and O–H groups in total. The molecule has 1 heterocycles. The van der Waals surface area contributed by atoms with E-state index in [1.807, 2.05) is 49.4 Å². The summed E-state index contributed by atoms with van der Waals surface area (Å²) in [6.07, 6.45) is 1.07. The molecular formula is C25H28N2O3S. The SMILES string of the molecule is Cc1ccc(CNC(=O)C2CCN(S(=O)(=O)c3ccc4ccccc4c3)CC2)c(C)c1. The van der Waals surface area contributed by atoms with E-state index >= 15 is 0 Å². The van der Waals surface area contributed by atoms with Crippen molar-refractivity contribution in [1.82, 2.24) is 9.62 Å². The summed E-state index contributed by atoms with van der Waals surface area (Å²) in [4.78, 5) is 13.0. The van der Waals surface area contributed by atoms with E-state index < -0.39 is 10.0 Å². The molecule has 1 saturated heterocycles. The summed E-state index contributed by atoms with van der Waals surface area (Å²) in [5.41, 5.74) is 3.47. The van der Waals surface area contributed by atoms with E-state index in [4.69, 9.17) is 0 Å². The Kier molecular flexibility index (Phi) is 6.12. The summed E-state index contributed by atoms with van der Waals surface area (Å²) < 4.78 is 27.7. The number of hydrogen-bond donors (Lipinski definition) is 1. The highest BCUT2D eigenvalue weighted by atomic mass is 32.2. The van der Waals surface area contributed by atoms with Crippen LogP contribution >= 0.6 is 0 Å². The van der Waals surface area contributed by atoms with Crippen LogP contribution in [0.15, 0.2) is 65.6 Å². The Hall–Kier alpha value is -2.70. The number of amides is 1. The second kappa shape index (κ2) is 8.81. The first-order valence-corrected chi connectivity index (χ1v) is 12.1. The van der Waals surface area contributed by atoms with Crippen LogP contribution in [0.1, 0.15) is 29.5 Å². The zero-order valence-corrected chi connectivity index (χ0v) is 18.8. The van der Waals surface area contributed by atoms with Crippen molar-refractivity contribution in [2.45, 2.75) is 38.1 Å². The van der Waals surface area contributed by atoms with Crippen LogP contribution in [-0.4, -0.2) is 31.7 Å². The number of benzene rings is 3. The Bertz CT molecular complexity index is 1210. The minimum absolute atomic E-state index is 0.00253. The number of carbonyl (C=O) groups excluding carboxylic acids is 1. The number of sulfonamides is 1. The van der Waals surface area contributed by atoms with Crippen LogP contribution in [0.25, 0.3) is 10.8 Å². The van der Waals surface area contributed by atoms with Crippen LogP contribution in [0, 0.1) is 19.8 Å². The fourth-order valence-electron chi connectivity index (χ4n) is 4.21. The van der Waals surface area contributed by atoms with Gasteiger partial charge in [0.25, 0.3) is 0 Å². The third kappa shape index (κ3) is 4.65. The Morgan fingerprint density at radius 2 is 1.68 bits per heavy atom. The Balaban J connectivity index is 1.37. The first-order chi connectivity index (χ1) is 14.8. The molecule has 3 aromatic rings. The average Bonchev–Trinajstić information content (AvgIpc) is 2.78. The average molecular weight is 437 g/mol. The summed E-state index contributed by atoms with van der Waals surface area (Å²) in [6, 6.07) is 19.2. The Morgan fingerprint density at radius 3 is 2.39 bits per heavy atom. The van der Waals surface area contributed by atoms with Gasteiger partial charge < -0.3 is 5.32 Å². The molecule has 0 spiro atoms. The molecule has 162 valence electrons. The molecule has 1 aliphatic rings. The minimum Gasteiger partial charge on any atom is -0.352 e. The molecule has 0 aliphatic carbocycles. The van der Waals surface area contributed by atoms with Crippen LogP contribution < -0.4 is 5.32 Å². The molecule has 0 unspecified atom stereocenters. The largest absolute Gasteiger partial charge is 0.352 e. The van der Waals surface area contributed by atoms with E-state index in [1.165, 1.54) is 9.87 Å². The number of fused-ring (bicyclic) bond motifs is 1. The highest BCUT2D eigenvalue weighted by molar-refractivity contribution is 7.89. The van der Waals surface area contributed by atoms with Crippen LogP contribution in [0.2, 0.25) is 0 Å². The standard InChI is InChI=1S/C25H28N2O3S/c1-18-7-8-23(19(2)15-18)17-26-25(28)21-11-13-27(14-12-21)31(29,30)24-10-9-20-5-3-4-6-22(20)16-24/h3-10,15-16,21H,11-14,17H2,1-2H3,(H,26,28). The second-order valence-corrected chi connectivity index (χ2v) is 10.3. The maximum absolute atomic E-state index is 13.1. The number of nitrogens with one attached hydrogen (secondary N) is 1. The Labute approximate surface area is 184 Å². The normalized spacial score (nSPS) is 15.8. The van der Waals surface area contributed by atoms with Crippen molar-refractivity contribution in [2.24, 2.45) is 5.92 Å². The maximum atomic E-state index is 13.1. The number of carbonyl (C=O) groups is 1. The molecule has 0 saturated carbocycles. The third-order valence-electron chi connectivity index (χ3n) is 6.13. The topological polar surface area (TPSA) is 66.5 Å². The molecule has 31 heavy (non-hydrogen) atoms. The lowest BCUT2D eigenvalue weighted by molar-refractivity contribution is -0.126. The van der Waals surface area contributed by atoms with Crippen molar-refractivity contribution in [3.8, 4) is 0 Å². The molecule has 3 aromatic carbocycles. The molecule has 1 fully saturated rings. The van der Waals surface area contributed by atoms with Crippen molar-refractivity contribution in [1.29, 1.82) is 0 Å². The fourth-order valence-corrected chi connectivity index (χ4v) is 5.71. The van der Waals surface area contributed by atoms with Gasteiger partial charge in [0.2, 0.25) is 15.9 Å². The van der Waals surface area contributed by atoms with Crippen molar-refractivity contribution in [3.05, 3.63) is 77.4 Å². The number of rotatable bonds is 5. The van der Waals surface area contributed by atoms with Crippen LogP contribution in [0.3, 0.4) is 0 Å². The van der Waals surface area contributed by atoms with Gasteiger partial charge in [0, 0.05) is 25.6 Å². The number of nitrogens with zero attached hydrogens (tertiary/aromatic N) is 1. The lowest BCUT2D eigenvalue weighted by atomic mass is 9.97. The first kappa shape index (κ1) is 21.5. The molecule has 1 amide bonds. The maximum Gasteiger partial charge on any atom is 0.243 e. The summed E-state index contributed by atoms with van der Waals surface area (Å²) in [5.74, 6) is -0.156.